The van der Waals surface area contributed by atoms with E-state index in [4.69, 9.17) is 0 Å². The molecule has 2 rings (SSSR count). The Hall–Kier alpha value is -2.70. The normalized spacial score (nSPS) is 10.4. The van der Waals surface area contributed by atoms with Crippen LogP contribution in [-0.4, -0.2) is 20.6 Å². The molecule has 7 heteroatoms. The molecule has 0 aliphatic carbocycles. The van der Waals surface area contributed by atoms with Gasteiger partial charge in [-0.3, -0.25) is 19.6 Å². The van der Waals surface area contributed by atoms with E-state index < -0.39 is 4.92 Å². The van der Waals surface area contributed by atoms with Crippen molar-refractivity contribution < 1.29 is 9.72 Å². The number of amides is 1. The molecule has 0 spiro atoms. The third-order valence-electron chi connectivity index (χ3n) is 3.08. The Balaban J connectivity index is 2.10. The van der Waals surface area contributed by atoms with Crippen LogP contribution in [0.1, 0.15) is 16.7 Å². The van der Waals surface area contributed by atoms with Gasteiger partial charge >= 0.3 is 5.69 Å². The number of anilines is 1. The highest BCUT2D eigenvalue weighted by atomic mass is 16.6. The van der Waals surface area contributed by atoms with Crippen molar-refractivity contribution in [1.29, 1.82) is 0 Å². The number of hydrogen-bond acceptors (Lipinski definition) is 4. The summed E-state index contributed by atoms with van der Waals surface area (Å²) in [5, 5.41) is 17.2. The molecule has 2 aromatic rings. The highest BCUT2D eigenvalue weighted by molar-refractivity contribution is 5.92. The Morgan fingerprint density at radius 1 is 1.33 bits per heavy atom. The summed E-state index contributed by atoms with van der Waals surface area (Å²) >= 11 is 0. The first-order valence-electron chi connectivity index (χ1n) is 6.41. The number of carbonyl (C=O) groups is 1. The second-order valence-corrected chi connectivity index (χ2v) is 4.98. The van der Waals surface area contributed by atoms with Crippen molar-refractivity contribution >= 4 is 17.3 Å². The van der Waals surface area contributed by atoms with Crippen LogP contribution in [0, 0.1) is 30.9 Å². The minimum absolute atomic E-state index is 0.0689. The maximum atomic E-state index is 12.0. The van der Waals surface area contributed by atoms with Gasteiger partial charge in [-0.05, 0) is 31.9 Å². The van der Waals surface area contributed by atoms with Crippen LogP contribution < -0.4 is 5.32 Å². The maximum Gasteiger partial charge on any atom is 0.307 e. The molecule has 0 saturated heterocycles. The van der Waals surface area contributed by atoms with Gasteiger partial charge < -0.3 is 5.32 Å². The van der Waals surface area contributed by atoms with Crippen LogP contribution >= 0.6 is 0 Å². The standard InChI is InChI=1S/C14H16N4O3/c1-9-4-10(2)14(11(3)5-9)16-13(19)8-17-7-12(6-15-17)18(20)21/h4-7H,8H2,1-3H3,(H,16,19). The zero-order valence-corrected chi connectivity index (χ0v) is 12.1. The van der Waals surface area contributed by atoms with Crippen molar-refractivity contribution in [1.82, 2.24) is 9.78 Å². The molecule has 7 nitrogen and oxygen atoms in total. The van der Waals surface area contributed by atoms with Gasteiger partial charge in [0.2, 0.25) is 5.91 Å². The highest BCUT2D eigenvalue weighted by Crippen LogP contribution is 2.21. The van der Waals surface area contributed by atoms with Crippen molar-refractivity contribution in [3.8, 4) is 0 Å². The van der Waals surface area contributed by atoms with E-state index in [2.05, 4.69) is 10.4 Å². The summed E-state index contributed by atoms with van der Waals surface area (Å²) in [4.78, 5) is 22.0. The molecule has 0 saturated carbocycles. The van der Waals surface area contributed by atoms with E-state index >= 15 is 0 Å². The molecule has 1 aromatic heterocycles. The monoisotopic (exact) mass is 288 g/mol. The molecule has 1 aromatic carbocycles. The highest BCUT2D eigenvalue weighted by Gasteiger charge is 2.13. The lowest BCUT2D eigenvalue weighted by atomic mass is 10.1. The van der Waals surface area contributed by atoms with Crippen LogP contribution in [0.4, 0.5) is 11.4 Å². The third kappa shape index (κ3) is 3.44. The number of hydrogen-bond donors (Lipinski definition) is 1. The van der Waals surface area contributed by atoms with Crippen LogP contribution in [0.3, 0.4) is 0 Å². The smallest absolute Gasteiger partial charge is 0.307 e. The minimum Gasteiger partial charge on any atom is -0.324 e. The predicted molar refractivity (Wildman–Crippen MR) is 78.2 cm³/mol. The van der Waals surface area contributed by atoms with Crippen LogP contribution in [-0.2, 0) is 11.3 Å². The van der Waals surface area contributed by atoms with Crippen molar-refractivity contribution in [3.63, 3.8) is 0 Å². The zero-order chi connectivity index (χ0) is 15.6. The molecule has 0 unspecified atom stereocenters. The Bertz CT molecular complexity index is 683. The second kappa shape index (κ2) is 5.74. The average Bonchev–Trinajstić information content (AvgIpc) is 2.82. The number of aromatic nitrogens is 2. The van der Waals surface area contributed by atoms with E-state index in [0.717, 1.165) is 28.6 Å². The Labute approximate surface area is 121 Å². The van der Waals surface area contributed by atoms with Gasteiger partial charge in [0, 0.05) is 5.69 Å². The van der Waals surface area contributed by atoms with E-state index in [0.29, 0.717) is 0 Å². The predicted octanol–water partition coefficient (Wildman–Crippen LogP) is 2.36. The number of aryl methyl sites for hydroxylation is 3. The molecule has 0 atom stereocenters. The molecule has 21 heavy (non-hydrogen) atoms. The Kier molecular flexibility index (Phi) is 4.02. The van der Waals surface area contributed by atoms with Gasteiger partial charge in [-0.1, -0.05) is 17.7 Å². The molecule has 1 amide bonds. The molecule has 110 valence electrons. The lowest BCUT2D eigenvalue weighted by Crippen LogP contribution is -2.20. The summed E-state index contributed by atoms with van der Waals surface area (Å²) in [6, 6.07) is 3.97. The quantitative estimate of drug-likeness (QED) is 0.690. The molecule has 0 radical (unpaired) electrons. The summed E-state index contributed by atoms with van der Waals surface area (Å²) in [6.45, 7) is 5.78. The largest absolute Gasteiger partial charge is 0.324 e. The fourth-order valence-corrected chi connectivity index (χ4v) is 2.24. The summed E-state index contributed by atoms with van der Waals surface area (Å²) < 4.78 is 1.24. The van der Waals surface area contributed by atoms with Crippen LogP contribution in [0.5, 0.6) is 0 Å². The zero-order valence-electron chi connectivity index (χ0n) is 12.1. The first-order valence-corrected chi connectivity index (χ1v) is 6.41. The van der Waals surface area contributed by atoms with Crippen molar-refractivity contribution in [3.05, 3.63) is 51.3 Å². The first kappa shape index (κ1) is 14.7. The first-order chi connectivity index (χ1) is 9.86. The number of nitro groups is 1. The number of nitrogens with zero attached hydrogens (tertiary/aromatic N) is 3. The summed E-state index contributed by atoms with van der Waals surface area (Å²) in [5.74, 6) is -0.275. The molecule has 1 heterocycles. The van der Waals surface area contributed by atoms with Gasteiger partial charge in [0.05, 0.1) is 4.92 Å². The fraction of sp³-hybridized carbons (Fsp3) is 0.286. The molecule has 0 aliphatic heterocycles. The van der Waals surface area contributed by atoms with Gasteiger partial charge in [-0.2, -0.15) is 5.10 Å². The van der Waals surface area contributed by atoms with E-state index in [1.165, 1.54) is 10.9 Å². The molecular weight excluding hydrogens is 272 g/mol. The van der Waals surface area contributed by atoms with E-state index in [1.54, 1.807) is 0 Å². The lowest BCUT2D eigenvalue weighted by Gasteiger charge is -2.12. The second-order valence-electron chi connectivity index (χ2n) is 4.98. The van der Waals surface area contributed by atoms with Gasteiger partial charge in [-0.15, -0.1) is 0 Å². The number of carbonyl (C=O) groups excluding carboxylic acids is 1. The van der Waals surface area contributed by atoms with E-state index in [-0.39, 0.29) is 18.1 Å². The SMILES string of the molecule is Cc1cc(C)c(NC(=O)Cn2cc([N+](=O)[O-])cn2)c(C)c1. The fourth-order valence-electron chi connectivity index (χ4n) is 2.24. The van der Waals surface area contributed by atoms with Crippen LogP contribution in [0.15, 0.2) is 24.5 Å². The van der Waals surface area contributed by atoms with E-state index in [9.17, 15) is 14.9 Å². The summed E-state index contributed by atoms with van der Waals surface area (Å²) in [7, 11) is 0. The van der Waals surface area contributed by atoms with Crippen molar-refractivity contribution in [2.75, 3.05) is 5.32 Å². The Morgan fingerprint density at radius 3 is 2.48 bits per heavy atom. The molecule has 0 bridgehead atoms. The molecule has 1 N–H and O–H groups in total. The van der Waals surface area contributed by atoms with Crippen LogP contribution in [0.25, 0.3) is 0 Å². The van der Waals surface area contributed by atoms with Gasteiger partial charge in [0.25, 0.3) is 0 Å². The maximum absolute atomic E-state index is 12.0. The van der Waals surface area contributed by atoms with Gasteiger partial charge in [0.1, 0.15) is 18.9 Å². The molecule has 0 fully saturated rings. The third-order valence-corrected chi connectivity index (χ3v) is 3.08. The number of benzene rings is 1. The summed E-state index contributed by atoms with van der Waals surface area (Å²) in [5.41, 5.74) is 3.73. The Morgan fingerprint density at radius 2 is 1.95 bits per heavy atom. The number of nitrogens with one attached hydrogen (secondary N) is 1. The molecular formula is C14H16N4O3. The number of rotatable bonds is 4. The summed E-state index contributed by atoms with van der Waals surface area (Å²) in [6.07, 6.45) is 2.35. The van der Waals surface area contributed by atoms with Gasteiger partial charge in [0.15, 0.2) is 0 Å². The van der Waals surface area contributed by atoms with Gasteiger partial charge in [-0.25, -0.2) is 0 Å². The molecule has 0 aliphatic rings. The van der Waals surface area contributed by atoms with Crippen molar-refractivity contribution in [2.24, 2.45) is 0 Å². The topological polar surface area (TPSA) is 90.1 Å². The van der Waals surface area contributed by atoms with E-state index in [1.807, 2.05) is 32.9 Å². The minimum atomic E-state index is -0.546. The lowest BCUT2D eigenvalue weighted by molar-refractivity contribution is -0.385. The van der Waals surface area contributed by atoms with Crippen LogP contribution in [0.2, 0.25) is 0 Å². The average molecular weight is 288 g/mol. The van der Waals surface area contributed by atoms with Crippen molar-refractivity contribution in [2.45, 2.75) is 27.3 Å².